The summed E-state index contributed by atoms with van der Waals surface area (Å²) in [7, 11) is 0. The van der Waals surface area contributed by atoms with E-state index in [0.29, 0.717) is 6.04 Å². The standard InChI is InChI=1S/C8H17NO.ClH/c1-7(9)6-8-2-4-10-5-3-8;/h7-8H,2-6,9H2,1H3;1H/t7-;/m0./s1. The first-order chi connectivity index (χ1) is 4.79. The quantitative estimate of drug-likeness (QED) is 0.699. The van der Waals surface area contributed by atoms with Crippen LogP contribution >= 0.6 is 12.4 Å². The van der Waals surface area contributed by atoms with Gasteiger partial charge in [0.15, 0.2) is 0 Å². The molecule has 0 saturated carbocycles. The fourth-order valence-electron chi connectivity index (χ4n) is 1.51. The summed E-state index contributed by atoms with van der Waals surface area (Å²) < 4.78 is 5.24. The molecule has 0 aromatic rings. The Balaban J connectivity index is 0.000001000. The van der Waals surface area contributed by atoms with Gasteiger partial charge in [0, 0.05) is 19.3 Å². The van der Waals surface area contributed by atoms with Gasteiger partial charge in [-0.3, -0.25) is 0 Å². The molecular formula is C8H18ClNO. The van der Waals surface area contributed by atoms with Crippen LogP contribution < -0.4 is 5.73 Å². The number of hydrogen-bond donors (Lipinski definition) is 1. The molecule has 1 rings (SSSR count). The molecule has 0 aromatic heterocycles. The molecular weight excluding hydrogens is 162 g/mol. The molecule has 2 nitrogen and oxygen atoms in total. The molecule has 2 N–H and O–H groups in total. The fourth-order valence-corrected chi connectivity index (χ4v) is 1.51. The van der Waals surface area contributed by atoms with Crippen molar-refractivity contribution in [1.29, 1.82) is 0 Å². The normalized spacial score (nSPS) is 22.4. The largest absolute Gasteiger partial charge is 0.381 e. The van der Waals surface area contributed by atoms with Crippen LogP contribution in [-0.2, 0) is 4.74 Å². The maximum Gasteiger partial charge on any atom is 0.0468 e. The van der Waals surface area contributed by atoms with Gasteiger partial charge in [0.05, 0.1) is 0 Å². The SMILES string of the molecule is C[C@H](N)CC1CCOCC1.Cl. The number of hydrogen-bond acceptors (Lipinski definition) is 2. The first-order valence-electron chi connectivity index (χ1n) is 4.12. The van der Waals surface area contributed by atoms with Crippen molar-refractivity contribution in [3.8, 4) is 0 Å². The molecule has 0 amide bonds. The van der Waals surface area contributed by atoms with Gasteiger partial charge in [0.25, 0.3) is 0 Å². The van der Waals surface area contributed by atoms with Gasteiger partial charge in [-0.15, -0.1) is 12.4 Å². The Morgan fingerprint density at radius 2 is 2.00 bits per heavy atom. The van der Waals surface area contributed by atoms with Crippen molar-refractivity contribution in [2.24, 2.45) is 11.7 Å². The molecule has 0 aromatic carbocycles. The second-order valence-electron chi connectivity index (χ2n) is 3.27. The zero-order valence-corrected chi connectivity index (χ0v) is 7.90. The summed E-state index contributed by atoms with van der Waals surface area (Å²) in [6.45, 7) is 3.96. The van der Waals surface area contributed by atoms with Gasteiger partial charge in [-0.1, -0.05) is 0 Å². The summed E-state index contributed by atoms with van der Waals surface area (Å²) in [5, 5.41) is 0. The lowest BCUT2D eigenvalue weighted by Gasteiger charge is -2.23. The first-order valence-corrected chi connectivity index (χ1v) is 4.12. The van der Waals surface area contributed by atoms with Crippen LogP contribution in [0.5, 0.6) is 0 Å². The highest BCUT2D eigenvalue weighted by molar-refractivity contribution is 5.85. The summed E-state index contributed by atoms with van der Waals surface area (Å²) in [4.78, 5) is 0. The van der Waals surface area contributed by atoms with Crippen molar-refractivity contribution in [1.82, 2.24) is 0 Å². The number of rotatable bonds is 2. The summed E-state index contributed by atoms with van der Waals surface area (Å²) >= 11 is 0. The molecule has 0 aliphatic carbocycles. The van der Waals surface area contributed by atoms with Crippen molar-refractivity contribution in [3.63, 3.8) is 0 Å². The molecule has 1 fully saturated rings. The lowest BCUT2D eigenvalue weighted by atomic mass is 9.93. The molecule has 11 heavy (non-hydrogen) atoms. The Hall–Kier alpha value is 0.210. The van der Waals surface area contributed by atoms with Crippen LogP contribution in [0.15, 0.2) is 0 Å². The molecule has 0 radical (unpaired) electrons. The molecule has 3 heteroatoms. The van der Waals surface area contributed by atoms with E-state index in [1.54, 1.807) is 0 Å². The summed E-state index contributed by atoms with van der Waals surface area (Å²) in [5.41, 5.74) is 5.68. The van der Waals surface area contributed by atoms with E-state index in [2.05, 4.69) is 6.92 Å². The summed E-state index contributed by atoms with van der Waals surface area (Å²) in [6, 6.07) is 0.364. The van der Waals surface area contributed by atoms with Gasteiger partial charge in [-0.25, -0.2) is 0 Å². The van der Waals surface area contributed by atoms with E-state index < -0.39 is 0 Å². The van der Waals surface area contributed by atoms with E-state index >= 15 is 0 Å². The minimum Gasteiger partial charge on any atom is -0.381 e. The third-order valence-corrected chi connectivity index (χ3v) is 2.05. The highest BCUT2D eigenvalue weighted by atomic mass is 35.5. The predicted molar refractivity (Wildman–Crippen MR) is 49.1 cm³/mol. The highest BCUT2D eigenvalue weighted by Crippen LogP contribution is 2.18. The summed E-state index contributed by atoms with van der Waals surface area (Å²) in [6.07, 6.45) is 3.59. The third-order valence-electron chi connectivity index (χ3n) is 2.05. The maximum absolute atomic E-state index is 5.68. The Morgan fingerprint density at radius 3 is 2.45 bits per heavy atom. The molecule has 1 atom stereocenters. The zero-order valence-electron chi connectivity index (χ0n) is 7.08. The van der Waals surface area contributed by atoms with Crippen molar-refractivity contribution < 1.29 is 4.74 Å². The predicted octanol–water partition coefficient (Wildman–Crippen LogP) is 1.57. The Labute approximate surface area is 74.9 Å². The van der Waals surface area contributed by atoms with Crippen molar-refractivity contribution in [2.75, 3.05) is 13.2 Å². The van der Waals surface area contributed by atoms with E-state index in [4.69, 9.17) is 10.5 Å². The Kier molecular flexibility index (Phi) is 5.92. The van der Waals surface area contributed by atoms with Crippen LogP contribution in [0.1, 0.15) is 26.2 Å². The van der Waals surface area contributed by atoms with Gasteiger partial charge in [-0.05, 0) is 32.1 Å². The second kappa shape index (κ2) is 5.81. The molecule has 1 saturated heterocycles. The molecule has 68 valence electrons. The minimum atomic E-state index is 0. The van der Waals surface area contributed by atoms with Gasteiger partial charge in [0.1, 0.15) is 0 Å². The Morgan fingerprint density at radius 1 is 1.45 bits per heavy atom. The fraction of sp³-hybridized carbons (Fsp3) is 1.00. The topological polar surface area (TPSA) is 35.2 Å². The molecule has 1 heterocycles. The van der Waals surface area contributed by atoms with E-state index in [-0.39, 0.29) is 12.4 Å². The lowest BCUT2D eigenvalue weighted by molar-refractivity contribution is 0.0624. The first kappa shape index (κ1) is 11.2. The number of ether oxygens (including phenoxy) is 1. The zero-order chi connectivity index (χ0) is 7.40. The molecule has 0 spiro atoms. The van der Waals surface area contributed by atoms with Crippen LogP contribution in [0.4, 0.5) is 0 Å². The molecule has 0 unspecified atom stereocenters. The van der Waals surface area contributed by atoms with E-state index in [1.165, 1.54) is 19.3 Å². The van der Waals surface area contributed by atoms with Gasteiger partial charge in [0.2, 0.25) is 0 Å². The highest BCUT2D eigenvalue weighted by Gasteiger charge is 2.14. The van der Waals surface area contributed by atoms with E-state index in [9.17, 15) is 0 Å². The molecule has 1 aliphatic heterocycles. The average molecular weight is 180 g/mol. The van der Waals surface area contributed by atoms with Crippen LogP contribution in [-0.4, -0.2) is 19.3 Å². The maximum atomic E-state index is 5.68. The second-order valence-corrected chi connectivity index (χ2v) is 3.27. The van der Waals surface area contributed by atoms with E-state index in [0.717, 1.165) is 19.1 Å². The van der Waals surface area contributed by atoms with Gasteiger partial charge < -0.3 is 10.5 Å². The monoisotopic (exact) mass is 179 g/mol. The lowest BCUT2D eigenvalue weighted by Crippen LogP contribution is -2.24. The number of nitrogens with two attached hydrogens (primary N) is 1. The van der Waals surface area contributed by atoms with Crippen LogP contribution in [0, 0.1) is 5.92 Å². The van der Waals surface area contributed by atoms with Crippen LogP contribution in [0.3, 0.4) is 0 Å². The van der Waals surface area contributed by atoms with Crippen LogP contribution in [0.2, 0.25) is 0 Å². The average Bonchev–Trinajstić information content (AvgIpc) is 1.88. The van der Waals surface area contributed by atoms with Crippen molar-refractivity contribution >= 4 is 12.4 Å². The summed E-state index contributed by atoms with van der Waals surface area (Å²) in [5.74, 6) is 0.828. The third kappa shape index (κ3) is 4.62. The number of halogens is 1. The molecule has 1 aliphatic rings. The van der Waals surface area contributed by atoms with Gasteiger partial charge >= 0.3 is 0 Å². The van der Waals surface area contributed by atoms with Crippen molar-refractivity contribution in [3.05, 3.63) is 0 Å². The van der Waals surface area contributed by atoms with E-state index in [1.807, 2.05) is 0 Å². The van der Waals surface area contributed by atoms with Crippen LogP contribution in [0.25, 0.3) is 0 Å². The van der Waals surface area contributed by atoms with Gasteiger partial charge in [-0.2, -0.15) is 0 Å². The smallest absolute Gasteiger partial charge is 0.0468 e. The minimum absolute atomic E-state index is 0. The van der Waals surface area contributed by atoms with Crippen molar-refractivity contribution in [2.45, 2.75) is 32.2 Å². The molecule has 0 bridgehead atoms. The Bertz CT molecular complexity index is 92.1.